The lowest BCUT2D eigenvalue weighted by molar-refractivity contribution is -0.364. The van der Waals surface area contributed by atoms with Gasteiger partial charge in [0.2, 0.25) is 17.7 Å². The number of amides is 3. The molecule has 4 rings (SSSR count). The minimum Gasteiger partial charge on any atom is -0.479 e. The number of ether oxygens (including phenoxy) is 7. The summed E-state index contributed by atoms with van der Waals surface area (Å²) in [6.45, 7) is 6.56. The predicted octanol–water partition coefficient (Wildman–Crippen LogP) is -5.23. The highest BCUT2D eigenvalue weighted by atomic mass is 16.8. The summed E-state index contributed by atoms with van der Waals surface area (Å²) in [5, 5.41) is 104. The quantitative estimate of drug-likeness (QED) is 0.0608. The first-order chi connectivity index (χ1) is 28.2. The molecule has 4 heterocycles. The smallest absolute Gasteiger partial charge is 0.335 e. The van der Waals surface area contributed by atoms with Crippen molar-refractivity contribution in [2.75, 3.05) is 13.2 Å². The molecule has 12 N–H and O–H groups in total. The van der Waals surface area contributed by atoms with Crippen LogP contribution in [0.3, 0.4) is 0 Å². The van der Waals surface area contributed by atoms with Crippen molar-refractivity contribution in [1.82, 2.24) is 16.0 Å². The topological polar surface area (TPSA) is 368 Å². The summed E-state index contributed by atoms with van der Waals surface area (Å²) in [6, 6.07) is -2.83. The molecule has 60 heavy (non-hydrogen) atoms. The van der Waals surface area contributed by atoms with Gasteiger partial charge in [-0.25, -0.2) is 9.59 Å². The van der Waals surface area contributed by atoms with E-state index in [1.54, 1.807) is 0 Å². The number of aliphatic hydroxyl groups is 7. The summed E-state index contributed by atoms with van der Waals surface area (Å²) in [5.41, 5.74) is 0. The van der Waals surface area contributed by atoms with Crippen LogP contribution in [-0.2, 0) is 57.1 Å². The van der Waals surface area contributed by atoms with E-state index in [2.05, 4.69) is 16.0 Å². The number of carbonyl (C=O) groups excluding carboxylic acids is 3. The van der Waals surface area contributed by atoms with E-state index in [-0.39, 0.29) is 12.8 Å². The molecule has 10 unspecified atom stereocenters. The van der Waals surface area contributed by atoms with Crippen molar-refractivity contribution in [1.29, 1.82) is 0 Å². The van der Waals surface area contributed by atoms with Crippen LogP contribution in [0.2, 0.25) is 0 Å². The van der Waals surface area contributed by atoms with Crippen LogP contribution in [-0.4, -0.2) is 205 Å². The molecule has 0 saturated carbocycles. The molecule has 0 bridgehead atoms. The van der Waals surface area contributed by atoms with Crippen LogP contribution < -0.4 is 16.0 Å². The molecule has 4 fully saturated rings. The molecule has 0 radical (unpaired) electrons. The van der Waals surface area contributed by atoms with Gasteiger partial charge >= 0.3 is 11.9 Å². The van der Waals surface area contributed by atoms with E-state index in [1.165, 1.54) is 13.8 Å². The number of carbonyl (C=O) groups is 5. The van der Waals surface area contributed by atoms with Crippen LogP contribution >= 0.6 is 0 Å². The van der Waals surface area contributed by atoms with Crippen molar-refractivity contribution in [3.63, 3.8) is 0 Å². The summed E-state index contributed by atoms with van der Waals surface area (Å²) in [4.78, 5) is 62.0. The predicted molar refractivity (Wildman–Crippen MR) is 195 cm³/mol. The summed E-state index contributed by atoms with van der Waals surface area (Å²) < 4.78 is 40.4. The monoisotopic (exact) mass is 869 g/mol. The van der Waals surface area contributed by atoms with Gasteiger partial charge in [-0.1, -0.05) is 20.3 Å². The van der Waals surface area contributed by atoms with E-state index < -0.39 is 159 Å². The van der Waals surface area contributed by atoms with Gasteiger partial charge in [-0.15, -0.1) is 0 Å². The Morgan fingerprint density at radius 1 is 0.617 bits per heavy atom. The molecular formula is C36H59N3O21. The number of carboxylic acids is 2. The molecule has 20 atom stereocenters. The summed E-state index contributed by atoms with van der Waals surface area (Å²) in [6.07, 6.45) is -29.4. The zero-order valence-corrected chi connectivity index (χ0v) is 33.7. The molecule has 24 nitrogen and oxygen atoms in total. The zero-order valence-electron chi connectivity index (χ0n) is 33.7. The molecule has 0 aromatic rings. The number of carboxylic acid groups (broad SMARTS) is 2. The Balaban J connectivity index is 1.67. The summed E-state index contributed by atoms with van der Waals surface area (Å²) >= 11 is 0. The fourth-order valence-corrected chi connectivity index (χ4v) is 7.63. The number of aliphatic carboxylic acids is 2. The lowest BCUT2D eigenvalue weighted by atomic mass is 9.90. The molecule has 4 aliphatic rings. The average Bonchev–Trinajstić information content (AvgIpc) is 3.18. The number of hydrogen-bond acceptors (Lipinski definition) is 19. The fraction of sp³-hybridized carbons (Fsp3) is 0.861. The van der Waals surface area contributed by atoms with Crippen molar-refractivity contribution in [3.8, 4) is 0 Å². The van der Waals surface area contributed by atoms with Gasteiger partial charge in [0, 0.05) is 32.7 Å². The van der Waals surface area contributed by atoms with E-state index in [0.29, 0.717) is 13.0 Å². The zero-order chi connectivity index (χ0) is 44.7. The van der Waals surface area contributed by atoms with Crippen LogP contribution in [0.5, 0.6) is 0 Å². The lowest BCUT2D eigenvalue weighted by Gasteiger charge is -2.50. The third-order valence-corrected chi connectivity index (χ3v) is 10.9. The molecule has 0 aliphatic carbocycles. The fourth-order valence-electron chi connectivity index (χ4n) is 7.63. The van der Waals surface area contributed by atoms with E-state index in [1.807, 2.05) is 6.92 Å². The van der Waals surface area contributed by atoms with Gasteiger partial charge < -0.3 is 95.1 Å². The molecule has 24 heteroatoms. The number of nitrogens with one attached hydrogen (secondary N) is 3. The van der Waals surface area contributed by atoms with E-state index in [9.17, 15) is 69.9 Å². The minimum absolute atomic E-state index is 0.256. The molecule has 4 aliphatic heterocycles. The van der Waals surface area contributed by atoms with Crippen molar-refractivity contribution in [2.24, 2.45) is 5.92 Å². The maximum atomic E-state index is 12.7. The van der Waals surface area contributed by atoms with Crippen LogP contribution in [0.15, 0.2) is 0 Å². The maximum Gasteiger partial charge on any atom is 0.335 e. The van der Waals surface area contributed by atoms with E-state index in [0.717, 1.165) is 20.3 Å². The van der Waals surface area contributed by atoms with E-state index >= 15 is 0 Å². The van der Waals surface area contributed by atoms with Crippen molar-refractivity contribution < 1.29 is 103 Å². The van der Waals surface area contributed by atoms with Crippen LogP contribution in [0, 0.1) is 5.92 Å². The second kappa shape index (κ2) is 21.7. The first-order valence-corrected chi connectivity index (χ1v) is 19.8. The third-order valence-electron chi connectivity index (χ3n) is 10.9. The highest BCUT2D eigenvalue weighted by Crippen LogP contribution is 2.36. The Labute approximate surface area is 344 Å². The lowest BCUT2D eigenvalue weighted by Crippen LogP contribution is -2.70. The summed E-state index contributed by atoms with van der Waals surface area (Å²) in [5.74, 6) is -6.28. The number of hydrogen-bond donors (Lipinski definition) is 12. The highest BCUT2D eigenvalue weighted by Gasteiger charge is 2.57. The van der Waals surface area contributed by atoms with Crippen molar-refractivity contribution in [3.05, 3.63) is 0 Å². The Morgan fingerprint density at radius 2 is 1.13 bits per heavy atom. The van der Waals surface area contributed by atoms with Crippen LogP contribution in [0.25, 0.3) is 0 Å². The molecular weight excluding hydrogens is 810 g/mol. The third kappa shape index (κ3) is 11.6. The Morgan fingerprint density at radius 3 is 1.68 bits per heavy atom. The maximum absolute atomic E-state index is 12.7. The van der Waals surface area contributed by atoms with Crippen LogP contribution in [0.4, 0.5) is 0 Å². The van der Waals surface area contributed by atoms with Gasteiger partial charge in [-0.2, -0.15) is 0 Å². The average molecular weight is 870 g/mol. The van der Waals surface area contributed by atoms with Gasteiger partial charge in [0.15, 0.2) is 31.1 Å². The van der Waals surface area contributed by atoms with Gasteiger partial charge in [0.1, 0.15) is 61.0 Å². The molecule has 3 amide bonds. The first kappa shape index (κ1) is 49.4. The molecule has 344 valence electrons. The standard InChI is InChI=1S/C36H59N3O21/c1-6-7-10-37-18(43)9-8-16-22(45)29(58-35-25(48)21(44)12(2)27(56-35)32(50)51)20(39-15(5)42)34(55-16)59-30-24(47)26(49)36(60-31(30)33(52)53)57-28-19(38-14(4)41)13(3)54-17(11-40)23(28)46/h12-13,16-17,19-31,34-36,40,44-49H,6-11H2,1-5H3,(H,37,43)(H,38,41)(H,39,42)(H,50,51)(H,52,53)/t12?,13?,16?,17?,19?,20?,21-,22+,23+,24+,25?,26?,27?,28+,29+,30-,31?,34-,35-,36+/m0/s1. The second-order valence-electron chi connectivity index (χ2n) is 15.4. The van der Waals surface area contributed by atoms with Crippen molar-refractivity contribution >= 4 is 29.7 Å². The molecule has 4 saturated heterocycles. The Bertz CT molecular complexity index is 1480. The normalized spacial score (nSPS) is 42.1. The van der Waals surface area contributed by atoms with Gasteiger partial charge in [-0.3, -0.25) is 14.4 Å². The largest absolute Gasteiger partial charge is 0.479 e. The second-order valence-corrected chi connectivity index (χ2v) is 15.4. The summed E-state index contributed by atoms with van der Waals surface area (Å²) in [7, 11) is 0. The van der Waals surface area contributed by atoms with Gasteiger partial charge in [0.05, 0.1) is 31.0 Å². The van der Waals surface area contributed by atoms with Crippen molar-refractivity contribution in [2.45, 2.75) is 177 Å². The van der Waals surface area contributed by atoms with Gasteiger partial charge in [-0.05, 0) is 19.8 Å². The highest BCUT2D eigenvalue weighted by molar-refractivity contribution is 5.76. The first-order valence-electron chi connectivity index (χ1n) is 19.8. The minimum atomic E-state index is -2.22. The Kier molecular flexibility index (Phi) is 17.9. The van der Waals surface area contributed by atoms with E-state index in [4.69, 9.17) is 33.2 Å². The molecule has 0 aromatic heterocycles. The SMILES string of the molecule is CCCCNC(=O)CCC1O[C@@H](O[C@@H]2C(C(=O)O)O[C@@H](O[C@@H]3C(NC(C)=O)C(C)OC(CO)[C@H]3O)C(O)[C@H]2O)C(NC(C)=O)[C@@H](O[C@@H]2OC(C(=O)O)C(C)[C@H](O)C2O)[C@@H]1O. The van der Waals surface area contributed by atoms with Crippen LogP contribution in [0.1, 0.15) is 60.3 Å². The number of rotatable bonds is 17. The Hall–Kier alpha value is -3.21. The number of aliphatic hydroxyl groups excluding tert-OH is 7. The molecule has 0 spiro atoms. The molecule has 0 aromatic carbocycles. The van der Waals surface area contributed by atoms with Gasteiger partial charge in [0.25, 0.3) is 0 Å². The number of unbranched alkanes of at least 4 members (excludes halogenated alkanes) is 1.